The molecule has 8 atom stereocenters. The van der Waals surface area contributed by atoms with Gasteiger partial charge in [-0.05, 0) is 40.0 Å². The second-order valence-corrected chi connectivity index (χ2v) is 9.35. The van der Waals surface area contributed by atoms with Gasteiger partial charge in [-0.25, -0.2) is 0 Å². The molecule has 214 valence electrons. The van der Waals surface area contributed by atoms with Crippen LogP contribution < -0.4 is 16.0 Å². The largest absolute Gasteiger partial charge is 0.394 e. The normalized spacial score (nSPS) is 28.5. The summed E-state index contributed by atoms with van der Waals surface area (Å²) in [6.45, 7) is 2.71. The Bertz CT molecular complexity index is 836. The molecular formula is C21H34ClF2N3O10. The fourth-order valence-corrected chi connectivity index (χ4v) is 3.50. The van der Waals surface area contributed by atoms with Gasteiger partial charge in [0.05, 0.1) is 12.6 Å². The number of nitrogens with one attached hydrogen (secondary N) is 3. The van der Waals surface area contributed by atoms with Gasteiger partial charge < -0.3 is 46.2 Å². The van der Waals surface area contributed by atoms with Gasteiger partial charge in [0.1, 0.15) is 35.8 Å². The molecule has 0 aromatic carbocycles. The van der Waals surface area contributed by atoms with Gasteiger partial charge in [-0.15, -0.1) is 11.6 Å². The minimum absolute atomic E-state index is 0.0475. The Morgan fingerprint density at radius 3 is 2.14 bits per heavy atom. The van der Waals surface area contributed by atoms with Gasteiger partial charge in [-0.1, -0.05) is 0 Å². The number of aliphatic hydroxyl groups excluding tert-OH is 4. The molecule has 1 saturated heterocycles. The number of alkyl halides is 3. The number of rotatable bonds is 13. The highest BCUT2D eigenvalue weighted by atomic mass is 35.5. The first kappa shape index (κ1) is 33.0. The van der Waals surface area contributed by atoms with Crippen molar-refractivity contribution in [3.8, 4) is 0 Å². The third-order valence-corrected chi connectivity index (χ3v) is 6.29. The van der Waals surface area contributed by atoms with Crippen molar-refractivity contribution in [2.75, 3.05) is 13.2 Å². The van der Waals surface area contributed by atoms with Gasteiger partial charge in [-0.3, -0.25) is 19.2 Å². The van der Waals surface area contributed by atoms with E-state index in [1.54, 1.807) is 0 Å². The maximum absolute atomic E-state index is 14.7. The van der Waals surface area contributed by atoms with Crippen molar-refractivity contribution in [3.63, 3.8) is 0 Å². The number of aliphatic hydroxyl groups is 5. The van der Waals surface area contributed by atoms with Crippen molar-refractivity contribution in [1.82, 2.24) is 16.0 Å². The number of carbonyl (C=O) groups is 4. The lowest BCUT2D eigenvalue weighted by atomic mass is 9.88. The Hall–Kier alpha value is -2.01. The molecule has 0 aromatic heterocycles. The molecule has 0 bridgehead atoms. The molecule has 8 N–H and O–H groups in total. The third kappa shape index (κ3) is 7.99. The molecule has 0 aliphatic carbocycles. The summed E-state index contributed by atoms with van der Waals surface area (Å²) in [5, 5.41) is 54.0. The zero-order chi connectivity index (χ0) is 28.7. The molecule has 37 heavy (non-hydrogen) atoms. The van der Waals surface area contributed by atoms with Gasteiger partial charge in [0.2, 0.25) is 11.8 Å². The van der Waals surface area contributed by atoms with Gasteiger partial charge in [0, 0.05) is 6.54 Å². The molecule has 1 unspecified atom stereocenters. The van der Waals surface area contributed by atoms with E-state index in [-0.39, 0.29) is 31.6 Å². The highest BCUT2D eigenvalue weighted by Gasteiger charge is 2.69. The predicted molar refractivity (Wildman–Crippen MR) is 122 cm³/mol. The highest BCUT2D eigenvalue weighted by molar-refractivity contribution is 6.30. The molecule has 1 aliphatic rings. The van der Waals surface area contributed by atoms with E-state index in [0.29, 0.717) is 0 Å². The molecule has 3 amide bonds. The van der Waals surface area contributed by atoms with Gasteiger partial charge >= 0.3 is 5.92 Å². The molecule has 0 radical (unpaired) electrons. The Balaban J connectivity index is 2.52. The molecule has 1 fully saturated rings. The van der Waals surface area contributed by atoms with Crippen LogP contribution in [0.15, 0.2) is 0 Å². The molecule has 1 heterocycles. The third-order valence-electron chi connectivity index (χ3n) is 5.88. The van der Waals surface area contributed by atoms with Crippen molar-refractivity contribution in [3.05, 3.63) is 0 Å². The smallest absolute Gasteiger partial charge is 0.379 e. The SMILES string of the molecule is CC(=O)[C@H](C)NC(=O)[C@H](C)NC(=O)[C@@H](Cl)CCCCNC(=O)C(F)(F)C1(O)O[C@H](CO)[C@H](O)[C@H](O)[C@H]1O. The summed E-state index contributed by atoms with van der Waals surface area (Å²) in [4.78, 5) is 47.4. The number of hydrogen-bond acceptors (Lipinski definition) is 10. The topological polar surface area (TPSA) is 215 Å². The zero-order valence-corrected chi connectivity index (χ0v) is 21.2. The quantitative estimate of drug-likeness (QED) is 0.0858. The van der Waals surface area contributed by atoms with E-state index in [1.165, 1.54) is 20.8 Å². The number of amides is 3. The molecular weight excluding hydrogens is 528 g/mol. The summed E-state index contributed by atoms with van der Waals surface area (Å²) >= 11 is 5.99. The fourth-order valence-electron chi connectivity index (χ4n) is 3.28. The Morgan fingerprint density at radius 1 is 1.03 bits per heavy atom. The number of ether oxygens (including phenoxy) is 1. The number of halogens is 3. The van der Waals surface area contributed by atoms with Crippen molar-refractivity contribution < 1.29 is 58.2 Å². The van der Waals surface area contributed by atoms with Crippen LogP contribution in [-0.4, -0.2) is 116 Å². The molecule has 0 spiro atoms. The van der Waals surface area contributed by atoms with Crippen LogP contribution in [0.1, 0.15) is 40.0 Å². The number of ketones is 1. The first-order chi connectivity index (χ1) is 17.0. The van der Waals surface area contributed by atoms with Crippen LogP contribution in [0.2, 0.25) is 0 Å². The molecule has 16 heteroatoms. The summed E-state index contributed by atoms with van der Waals surface area (Å²) in [7, 11) is 0. The first-order valence-electron chi connectivity index (χ1n) is 11.5. The summed E-state index contributed by atoms with van der Waals surface area (Å²) in [6, 6.07) is -1.71. The van der Waals surface area contributed by atoms with Crippen LogP contribution in [0.25, 0.3) is 0 Å². The predicted octanol–water partition coefficient (Wildman–Crippen LogP) is -2.72. The standard InChI is InChI=1S/C21H34ClF2N3O10/c1-9(11(3)29)26-17(33)10(2)27-18(34)12(22)6-4-5-7-25-19(35)20(23,24)21(36)16(32)15(31)14(30)13(8-28)37-21/h9-10,12-16,28,30-32,36H,4-8H2,1-3H3,(H,25,35)(H,26,33)(H,27,34)/t9-,10-,12-,13+,14-,15-,16+,21?/m0/s1. The van der Waals surface area contributed by atoms with Crippen LogP contribution in [0.4, 0.5) is 8.78 Å². The maximum Gasteiger partial charge on any atom is 0.379 e. The fraction of sp³-hybridized carbons (Fsp3) is 0.810. The second kappa shape index (κ2) is 13.7. The monoisotopic (exact) mass is 561 g/mol. The van der Waals surface area contributed by atoms with Crippen molar-refractivity contribution >= 4 is 35.1 Å². The lowest BCUT2D eigenvalue weighted by Gasteiger charge is -2.47. The number of unbranched alkanes of at least 4 members (excludes halogenated alkanes) is 1. The van der Waals surface area contributed by atoms with E-state index in [0.717, 1.165) is 0 Å². The van der Waals surface area contributed by atoms with E-state index in [4.69, 9.17) is 16.7 Å². The van der Waals surface area contributed by atoms with Crippen molar-refractivity contribution in [2.45, 2.75) is 93.6 Å². The highest BCUT2D eigenvalue weighted by Crippen LogP contribution is 2.40. The number of Topliss-reactive ketones (excluding diaryl/α,β-unsaturated/α-hetero) is 1. The molecule has 13 nitrogen and oxygen atoms in total. The van der Waals surface area contributed by atoms with Crippen LogP contribution in [0, 0.1) is 0 Å². The molecule has 1 aliphatic heterocycles. The zero-order valence-electron chi connectivity index (χ0n) is 20.5. The first-order valence-corrected chi connectivity index (χ1v) is 11.9. The van der Waals surface area contributed by atoms with Gasteiger partial charge in [0.15, 0.2) is 5.78 Å². The Labute approximate surface area is 216 Å². The van der Waals surface area contributed by atoms with Crippen molar-refractivity contribution in [2.24, 2.45) is 0 Å². The van der Waals surface area contributed by atoms with Crippen LogP contribution in [0.5, 0.6) is 0 Å². The van der Waals surface area contributed by atoms with Crippen LogP contribution in [-0.2, 0) is 23.9 Å². The average Bonchev–Trinajstić information content (AvgIpc) is 2.83. The Morgan fingerprint density at radius 2 is 1.59 bits per heavy atom. The van der Waals surface area contributed by atoms with E-state index < -0.39 is 77.9 Å². The van der Waals surface area contributed by atoms with Crippen LogP contribution >= 0.6 is 11.6 Å². The lowest BCUT2D eigenvalue weighted by Crippen LogP contribution is -2.73. The number of hydrogen-bond donors (Lipinski definition) is 8. The van der Waals surface area contributed by atoms with Crippen molar-refractivity contribution in [1.29, 1.82) is 0 Å². The second-order valence-electron chi connectivity index (χ2n) is 8.83. The Kier molecular flexibility index (Phi) is 12.2. The van der Waals surface area contributed by atoms with Gasteiger partial charge in [-0.2, -0.15) is 8.78 Å². The molecule has 1 rings (SSSR count). The minimum atomic E-state index is -4.80. The molecule has 0 aromatic rings. The maximum atomic E-state index is 14.7. The number of carbonyl (C=O) groups excluding carboxylic acids is 4. The van der Waals surface area contributed by atoms with Gasteiger partial charge in [0.25, 0.3) is 11.7 Å². The van der Waals surface area contributed by atoms with E-state index >= 15 is 0 Å². The molecule has 0 saturated carbocycles. The summed E-state index contributed by atoms with van der Waals surface area (Å²) in [5.41, 5.74) is 0. The van der Waals surface area contributed by atoms with E-state index in [1.807, 2.05) is 5.32 Å². The minimum Gasteiger partial charge on any atom is -0.394 e. The summed E-state index contributed by atoms with van der Waals surface area (Å²) in [6.07, 6.45) is -8.74. The van der Waals surface area contributed by atoms with Crippen LogP contribution in [0.3, 0.4) is 0 Å². The lowest BCUT2D eigenvalue weighted by molar-refractivity contribution is -0.401. The summed E-state index contributed by atoms with van der Waals surface area (Å²) in [5.74, 6) is -12.3. The summed E-state index contributed by atoms with van der Waals surface area (Å²) < 4.78 is 33.8. The average molecular weight is 562 g/mol. The van der Waals surface area contributed by atoms with E-state index in [2.05, 4.69) is 15.4 Å². The van der Waals surface area contributed by atoms with E-state index in [9.17, 15) is 48.4 Å².